The van der Waals surface area contributed by atoms with E-state index in [4.69, 9.17) is 14.2 Å². The van der Waals surface area contributed by atoms with Gasteiger partial charge in [-0.15, -0.1) is 0 Å². The Morgan fingerprint density at radius 1 is 1.12 bits per heavy atom. The zero-order valence-electron chi connectivity index (χ0n) is 14.2. The molecule has 0 amide bonds. The highest BCUT2D eigenvalue weighted by molar-refractivity contribution is 5.66. The average molecular weight is 336 g/mol. The number of ether oxygens (including phenoxy) is 3. The summed E-state index contributed by atoms with van der Waals surface area (Å²) in [7, 11) is 0. The molecule has 3 atom stereocenters. The van der Waals surface area contributed by atoms with Gasteiger partial charge in [-0.3, -0.25) is 9.59 Å². The van der Waals surface area contributed by atoms with Gasteiger partial charge in [0.2, 0.25) is 0 Å². The Labute approximate surface area is 142 Å². The summed E-state index contributed by atoms with van der Waals surface area (Å²) in [5, 5.41) is 9.21. The summed E-state index contributed by atoms with van der Waals surface area (Å²) < 4.78 is 14.7. The lowest BCUT2D eigenvalue weighted by Gasteiger charge is -2.29. The average Bonchev–Trinajstić information content (AvgIpc) is 2.56. The normalized spacial score (nSPS) is 22.1. The molecule has 0 unspecified atom stereocenters. The standard InChI is InChI=1S/C10H14O6.C8H10/c1-6(11)14-5-9-8(15-7(2)12)3-4-10(13)16-9;1-2-8-6-4-3-5-7-8/h3-4,8-10,13H,5H2,1-2H3;3-7H,2H2,1H3/t8-,9+,10+;/m0./s1. The number of carbonyl (C=O) groups excluding carboxylic acids is 2. The molecule has 1 N–H and O–H groups in total. The quantitative estimate of drug-likeness (QED) is 0.669. The third kappa shape index (κ3) is 7.89. The number of aliphatic hydroxyl groups excluding tert-OH is 1. The minimum Gasteiger partial charge on any atom is -0.463 e. The molecule has 0 radical (unpaired) electrons. The first-order chi connectivity index (χ1) is 11.4. The van der Waals surface area contributed by atoms with Gasteiger partial charge in [0.15, 0.2) is 6.29 Å². The third-order valence-electron chi connectivity index (χ3n) is 3.15. The number of aliphatic hydroxyl groups is 1. The van der Waals surface area contributed by atoms with Crippen molar-refractivity contribution < 1.29 is 28.9 Å². The Kier molecular flexibility index (Phi) is 8.75. The van der Waals surface area contributed by atoms with Crippen molar-refractivity contribution in [2.75, 3.05) is 6.61 Å². The van der Waals surface area contributed by atoms with Crippen LogP contribution in [0.3, 0.4) is 0 Å². The third-order valence-corrected chi connectivity index (χ3v) is 3.15. The van der Waals surface area contributed by atoms with E-state index in [0.717, 1.165) is 6.42 Å². The molecule has 1 aromatic carbocycles. The Morgan fingerprint density at radius 3 is 2.29 bits per heavy atom. The molecule has 1 heterocycles. The SMILES string of the molecule is CC(=O)OC[C@H]1O[C@@H](O)C=C[C@@H]1OC(C)=O.CCc1ccccc1. The smallest absolute Gasteiger partial charge is 0.303 e. The first-order valence-electron chi connectivity index (χ1n) is 7.78. The second-order valence-electron chi connectivity index (χ2n) is 5.17. The van der Waals surface area contributed by atoms with Gasteiger partial charge in [-0.2, -0.15) is 0 Å². The summed E-state index contributed by atoms with van der Waals surface area (Å²) in [6, 6.07) is 10.5. The van der Waals surface area contributed by atoms with Crippen molar-refractivity contribution in [1.29, 1.82) is 0 Å². The van der Waals surface area contributed by atoms with Crippen molar-refractivity contribution in [3.63, 3.8) is 0 Å². The molecule has 6 heteroatoms. The minimum absolute atomic E-state index is 0.0747. The topological polar surface area (TPSA) is 82.1 Å². The fourth-order valence-electron chi connectivity index (χ4n) is 1.98. The van der Waals surface area contributed by atoms with Crippen LogP contribution in [0, 0.1) is 0 Å². The molecule has 2 rings (SSSR count). The van der Waals surface area contributed by atoms with Gasteiger partial charge in [0, 0.05) is 13.8 Å². The van der Waals surface area contributed by atoms with E-state index >= 15 is 0 Å². The van der Waals surface area contributed by atoms with Gasteiger partial charge in [-0.05, 0) is 24.1 Å². The Balaban J connectivity index is 0.000000300. The van der Waals surface area contributed by atoms with Crippen LogP contribution in [0.5, 0.6) is 0 Å². The summed E-state index contributed by atoms with van der Waals surface area (Å²) in [5.41, 5.74) is 1.41. The number of hydrogen-bond acceptors (Lipinski definition) is 6. The van der Waals surface area contributed by atoms with E-state index in [-0.39, 0.29) is 6.61 Å². The number of carbonyl (C=O) groups is 2. The number of benzene rings is 1. The highest BCUT2D eigenvalue weighted by Gasteiger charge is 2.29. The van der Waals surface area contributed by atoms with Crippen molar-refractivity contribution in [3.05, 3.63) is 48.0 Å². The van der Waals surface area contributed by atoms with Crippen LogP contribution in [0.25, 0.3) is 0 Å². The second kappa shape index (κ2) is 10.6. The van der Waals surface area contributed by atoms with E-state index in [1.54, 1.807) is 0 Å². The summed E-state index contributed by atoms with van der Waals surface area (Å²) in [6.45, 7) is 4.61. The summed E-state index contributed by atoms with van der Waals surface area (Å²) in [4.78, 5) is 21.4. The van der Waals surface area contributed by atoms with Crippen molar-refractivity contribution >= 4 is 11.9 Å². The lowest BCUT2D eigenvalue weighted by atomic mass is 10.1. The number of hydrogen-bond donors (Lipinski definition) is 1. The molecule has 0 fully saturated rings. The predicted octanol–water partition coefficient (Wildman–Crippen LogP) is 2.00. The molecule has 0 spiro atoms. The highest BCUT2D eigenvalue weighted by Crippen LogP contribution is 2.15. The highest BCUT2D eigenvalue weighted by atomic mass is 16.6. The lowest BCUT2D eigenvalue weighted by Crippen LogP contribution is -2.41. The molecule has 0 aliphatic carbocycles. The molecular formula is C18H24O6. The van der Waals surface area contributed by atoms with Gasteiger partial charge < -0.3 is 19.3 Å². The zero-order chi connectivity index (χ0) is 17.9. The van der Waals surface area contributed by atoms with Gasteiger partial charge >= 0.3 is 11.9 Å². The summed E-state index contributed by atoms with van der Waals surface area (Å²) >= 11 is 0. The van der Waals surface area contributed by atoms with E-state index < -0.39 is 30.4 Å². The van der Waals surface area contributed by atoms with Crippen molar-refractivity contribution in [2.45, 2.75) is 45.7 Å². The Bertz CT molecular complexity index is 540. The van der Waals surface area contributed by atoms with Crippen molar-refractivity contribution in [1.82, 2.24) is 0 Å². The van der Waals surface area contributed by atoms with Crippen molar-refractivity contribution in [2.24, 2.45) is 0 Å². The van der Waals surface area contributed by atoms with Crippen molar-refractivity contribution in [3.8, 4) is 0 Å². The Hall–Kier alpha value is -2.18. The van der Waals surface area contributed by atoms with Gasteiger partial charge in [0.05, 0.1) is 0 Å². The fourth-order valence-corrected chi connectivity index (χ4v) is 1.98. The van der Waals surface area contributed by atoms with Crippen LogP contribution in [-0.4, -0.2) is 42.1 Å². The first-order valence-corrected chi connectivity index (χ1v) is 7.78. The van der Waals surface area contributed by atoms with Crippen LogP contribution < -0.4 is 0 Å². The molecule has 0 saturated heterocycles. The van der Waals surface area contributed by atoms with Crippen LogP contribution in [0.4, 0.5) is 0 Å². The molecule has 1 aliphatic heterocycles. The maximum Gasteiger partial charge on any atom is 0.303 e. The molecule has 0 aromatic heterocycles. The van der Waals surface area contributed by atoms with E-state index in [0.29, 0.717) is 0 Å². The molecular weight excluding hydrogens is 312 g/mol. The molecule has 24 heavy (non-hydrogen) atoms. The molecule has 1 aliphatic rings. The van der Waals surface area contributed by atoms with E-state index in [9.17, 15) is 14.7 Å². The van der Waals surface area contributed by atoms with Crippen LogP contribution in [0.1, 0.15) is 26.3 Å². The molecule has 132 valence electrons. The molecule has 1 aromatic rings. The zero-order valence-corrected chi connectivity index (χ0v) is 14.2. The molecule has 0 bridgehead atoms. The maximum absolute atomic E-state index is 10.8. The van der Waals surface area contributed by atoms with Crippen LogP contribution >= 0.6 is 0 Å². The number of esters is 2. The Morgan fingerprint density at radius 2 is 1.79 bits per heavy atom. The van der Waals surface area contributed by atoms with E-state index in [2.05, 4.69) is 31.2 Å². The van der Waals surface area contributed by atoms with Gasteiger partial charge in [0.1, 0.15) is 18.8 Å². The van der Waals surface area contributed by atoms with Crippen LogP contribution in [0.2, 0.25) is 0 Å². The minimum atomic E-state index is -1.08. The lowest BCUT2D eigenvalue weighted by molar-refractivity contribution is -0.183. The number of rotatable bonds is 4. The predicted molar refractivity (Wildman–Crippen MR) is 88.0 cm³/mol. The largest absolute Gasteiger partial charge is 0.463 e. The van der Waals surface area contributed by atoms with Gasteiger partial charge in [-0.25, -0.2) is 0 Å². The van der Waals surface area contributed by atoms with E-state index in [1.165, 1.54) is 31.6 Å². The summed E-state index contributed by atoms with van der Waals surface area (Å²) in [5.74, 6) is -0.934. The summed E-state index contributed by atoms with van der Waals surface area (Å²) in [6.07, 6.45) is 1.59. The number of aryl methyl sites for hydroxylation is 1. The van der Waals surface area contributed by atoms with Gasteiger partial charge in [0.25, 0.3) is 0 Å². The van der Waals surface area contributed by atoms with E-state index in [1.807, 2.05) is 6.07 Å². The second-order valence-corrected chi connectivity index (χ2v) is 5.17. The van der Waals surface area contributed by atoms with Gasteiger partial charge in [-0.1, -0.05) is 37.3 Å². The monoisotopic (exact) mass is 336 g/mol. The molecule has 0 saturated carbocycles. The first kappa shape index (κ1) is 19.9. The fraction of sp³-hybridized carbons (Fsp3) is 0.444. The maximum atomic E-state index is 10.8. The van der Waals surface area contributed by atoms with Crippen LogP contribution in [-0.2, 0) is 30.2 Å². The molecule has 6 nitrogen and oxygen atoms in total. The van der Waals surface area contributed by atoms with Crippen LogP contribution in [0.15, 0.2) is 42.5 Å².